The van der Waals surface area contributed by atoms with E-state index in [9.17, 15) is 14.7 Å². The van der Waals surface area contributed by atoms with Gasteiger partial charge < -0.3 is 15.3 Å². The average molecular weight is 474 g/mol. The lowest BCUT2D eigenvalue weighted by molar-refractivity contribution is -0.136. The lowest BCUT2D eigenvalue weighted by atomic mass is 9.93. The molecule has 3 atom stereocenters. The van der Waals surface area contributed by atoms with Crippen LogP contribution in [0.5, 0.6) is 0 Å². The number of nitrogens with one attached hydrogen (secondary N) is 1. The standard InChI is InChI=1S/C28H28FN3O3/c1-30-23(33)16-28(29)21-10-2-3-11-22(21)32(27(28)35)18-12-14-31(15-13-18)25-19-8-4-6-17-7-5-9-20(24(17)19)26(25)34/h2-11,18,25-26,34H,12-16H2,1H3,(H,30,33)/t25-,26-,28?/m0/s1. The number of fused-ring (bicyclic) bond motifs is 1. The van der Waals surface area contributed by atoms with E-state index in [1.165, 1.54) is 7.05 Å². The number of likely N-dealkylation sites (tertiary alicyclic amines) is 1. The highest BCUT2D eigenvalue weighted by Crippen LogP contribution is 2.50. The maximum Gasteiger partial charge on any atom is 0.270 e. The van der Waals surface area contributed by atoms with E-state index >= 15 is 4.39 Å². The van der Waals surface area contributed by atoms with E-state index in [1.807, 2.05) is 18.2 Å². The van der Waals surface area contributed by atoms with Gasteiger partial charge in [0.2, 0.25) is 11.6 Å². The number of hydrogen-bond donors (Lipinski definition) is 2. The monoisotopic (exact) mass is 473 g/mol. The average Bonchev–Trinajstić information content (AvgIpc) is 3.29. The molecule has 3 aromatic rings. The van der Waals surface area contributed by atoms with Gasteiger partial charge in [-0.05, 0) is 40.8 Å². The maximum absolute atomic E-state index is 16.1. The number of carbonyl (C=O) groups excluding carboxylic acids is 2. The Labute approximate surface area is 203 Å². The first-order valence-electron chi connectivity index (χ1n) is 12.2. The van der Waals surface area contributed by atoms with Gasteiger partial charge in [0.25, 0.3) is 5.91 Å². The van der Waals surface area contributed by atoms with Crippen LogP contribution in [0.2, 0.25) is 0 Å². The van der Waals surface area contributed by atoms with Gasteiger partial charge in [-0.2, -0.15) is 0 Å². The molecule has 0 saturated carbocycles. The molecule has 7 heteroatoms. The molecule has 1 fully saturated rings. The number of nitrogens with zero attached hydrogens (tertiary/aromatic N) is 2. The van der Waals surface area contributed by atoms with Crippen LogP contribution >= 0.6 is 0 Å². The normalized spacial score (nSPS) is 26.4. The number of benzene rings is 3. The minimum Gasteiger partial charge on any atom is -0.386 e. The fraction of sp³-hybridized carbons (Fsp3) is 0.357. The zero-order chi connectivity index (χ0) is 24.3. The number of alkyl halides is 1. The number of amides is 2. The molecule has 1 aliphatic carbocycles. The Morgan fingerprint density at radius 1 is 1.06 bits per heavy atom. The summed E-state index contributed by atoms with van der Waals surface area (Å²) >= 11 is 0. The molecule has 2 heterocycles. The van der Waals surface area contributed by atoms with Crippen molar-refractivity contribution in [1.29, 1.82) is 0 Å². The van der Waals surface area contributed by atoms with E-state index < -0.39 is 30.0 Å². The van der Waals surface area contributed by atoms with Gasteiger partial charge in [-0.1, -0.05) is 54.6 Å². The van der Waals surface area contributed by atoms with Gasteiger partial charge in [0, 0.05) is 31.7 Å². The molecule has 3 aromatic carbocycles. The zero-order valence-corrected chi connectivity index (χ0v) is 19.6. The first-order chi connectivity index (χ1) is 16.9. The summed E-state index contributed by atoms with van der Waals surface area (Å²) in [6.07, 6.45) is 0.190. The fourth-order valence-electron chi connectivity index (χ4n) is 6.33. The molecule has 2 amide bonds. The van der Waals surface area contributed by atoms with Crippen LogP contribution in [0.15, 0.2) is 60.7 Å². The van der Waals surface area contributed by atoms with Gasteiger partial charge in [-0.25, -0.2) is 4.39 Å². The Bertz CT molecular complexity index is 1330. The third-order valence-electron chi connectivity index (χ3n) is 7.99. The van der Waals surface area contributed by atoms with Crippen molar-refractivity contribution in [2.75, 3.05) is 25.0 Å². The molecule has 1 unspecified atom stereocenters. The molecule has 0 aromatic heterocycles. The number of aliphatic hydroxyl groups excluding tert-OH is 1. The van der Waals surface area contributed by atoms with Crippen molar-refractivity contribution in [2.24, 2.45) is 0 Å². The van der Waals surface area contributed by atoms with Gasteiger partial charge in [0.1, 0.15) is 0 Å². The summed E-state index contributed by atoms with van der Waals surface area (Å²) < 4.78 is 16.1. The van der Waals surface area contributed by atoms with Gasteiger partial charge in [-0.3, -0.25) is 14.5 Å². The van der Waals surface area contributed by atoms with Gasteiger partial charge in [-0.15, -0.1) is 0 Å². The van der Waals surface area contributed by atoms with Gasteiger partial charge >= 0.3 is 0 Å². The van der Waals surface area contributed by atoms with Crippen LogP contribution in [0.3, 0.4) is 0 Å². The fourth-order valence-corrected chi connectivity index (χ4v) is 6.33. The smallest absolute Gasteiger partial charge is 0.270 e. The minimum atomic E-state index is -2.35. The zero-order valence-electron chi connectivity index (χ0n) is 19.6. The van der Waals surface area contributed by atoms with Crippen molar-refractivity contribution in [1.82, 2.24) is 10.2 Å². The van der Waals surface area contributed by atoms with Crippen LogP contribution in [0, 0.1) is 0 Å². The molecule has 180 valence electrons. The van der Waals surface area contributed by atoms with E-state index in [-0.39, 0.29) is 17.6 Å². The number of carbonyl (C=O) groups is 2. The Morgan fingerprint density at radius 2 is 1.74 bits per heavy atom. The summed E-state index contributed by atoms with van der Waals surface area (Å²) in [4.78, 5) is 29.3. The summed E-state index contributed by atoms with van der Waals surface area (Å²) in [7, 11) is 1.45. The number of para-hydroxylation sites is 1. The summed E-state index contributed by atoms with van der Waals surface area (Å²) in [6.45, 7) is 1.36. The first kappa shape index (κ1) is 22.2. The molecule has 0 bridgehead atoms. The van der Waals surface area contributed by atoms with E-state index in [0.29, 0.717) is 31.6 Å². The minimum absolute atomic E-state index is 0.132. The SMILES string of the molecule is CNC(=O)CC1(F)C(=O)N(C2CCN([C@H]3c4cccc5cccc(c45)[C@@H]3O)CC2)c2ccccc21. The van der Waals surface area contributed by atoms with Crippen LogP contribution in [0.4, 0.5) is 10.1 Å². The molecular formula is C28H28FN3O3. The van der Waals surface area contributed by atoms with Crippen molar-refractivity contribution in [3.63, 3.8) is 0 Å². The summed E-state index contributed by atoms with van der Waals surface area (Å²) in [5.41, 5.74) is 0.572. The van der Waals surface area contributed by atoms with Crippen LogP contribution in [0.1, 0.15) is 48.1 Å². The van der Waals surface area contributed by atoms with Crippen LogP contribution in [0.25, 0.3) is 10.8 Å². The molecule has 6 nitrogen and oxygen atoms in total. The molecule has 0 radical (unpaired) electrons. The molecule has 3 aliphatic rings. The van der Waals surface area contributed by atoms with Gasteiger partial charge in [0.05, 0.1) is 24.3 Å². The van der Waals surface area contributed by atoms with Crippen LogP contribution < -0.4 is 10.2 Å². The van der Waals surface area contributed by atoms with Crippen molar-refractivity contribution >= 4 is 28.3 Å². The number of halogens is 1. The maximum atomic E-state index is 16.1. The van der Waals surface area contributed by atoms with E-state index in [0.717, 1.165) is 21.9 Å². The number of anilines is 1. The number of aliphatic hydroxyl groups is 1. The first-order valence-corrected chi connectivity index (χ1v) is 12.2. The second-order valence-corrected chi connectivity index (χ2v) is 9.79. The highest BCUT2D eigenvalue weighted by molar-refractivity contribution is 6.09. The van der Waals surface area contributed by atoms with E-state index in [1.54, 1.807) is 29.2 Å². The Kier molecular flexibility index (Phi) is 5.16. The molecule has 2 aliphatic heterocycles. The molecule has 0 spiro atoms. The van der Waals surface area contributed by atoms with Crippen LogP contribution in [-0.2, 0) is 15.3 Å². The van der Waals surface area contributed by atoms with E-state index in [4.69, 9.17) is 0 Å². The second kappa shape index (κ2) is 8.14. The predicted molar refractivity (Wildman–Crippen MR) is 132 cm³/mol. The van der Waals surface area contributed by atoms with Gasteiger partial charge in [0.15, 0.2) is 0 Å². The van der Waals surface area contributed by atoms with Crippen molar-refractivity contribution < 1.29 is 19.1 Å². The van der Waals surface area contributed by atoms with E-state index in [2.05, 4.69) is 28.4 Å². The third kappa shape index (κ3) is 3.22. The number of hydrogen-bond acceptors (Lipinski definition) is 4. The van der Waals surface area contributed by atoms with Crippen LogP contribution in [-0.4, -0.2) is 48.0 Å². The Balaban J connectivity index is 1.25. The Hall–Kier alpha value is -3.29. The third-order valence-corrected chi connectivity index (χ3v) is 7.99. The van der Waals surface area contributed by atoms with Crippen molar-refractivity contribution in [3.8, 4) is 0 Å². The lowest BCUT2D eigenvalue weighted by Gasteiger charge is -2.41. The lowest BCUT2D eigenvalue weighted by Crippen LogP contribution is -2.50. The molecule has 6 rings (SSSR count). The molecule has 35 heavy (non-hydrogen) atoms. The molecular weight excluding hydrogens is 445 g/mol. The molecule has 1 saturated heterocycles. The van der Waals surface area contributed by atoms with Crippen molar-refractivity contribution in [3.05, 3.63) is 77.4 Å². The summed E-state index contributed by atoms with van der Waals surface area (Å²) in [5, 5.41) is 15.9. The topological polar surface area (TPSA) is 72.9 Å². The Morgan fingerprint density at radius 3 is 2.46 bits per heavy atom. The number of piperidine rings is 1. The second-order valence-electron chi connectivity index (χ2n) is 9.79. The predicted octanol–water partition coefficient (Wildman–Crippen LogP) is 3.74. The highest BCUT2D eigenvalue weighted by Gasteiger charge is 2.54. The van der Waals surface area contributed by atoms with Crippen molar-refractivity contribution in [2.45, 2.75) is 43.1 Å². The number of rotatable bonds is 4. The molecule has 2 N–H and O–H groups in total. The largest absolute Gasteiger partial charge is 0.386 e. The quantitative estimate of drug-likeness (QED) is 0.606. The summed E-state index contributed by atoms with van der Waals surface area (Å²) in [6, 6.07) is 18.8. The summed E-state index contributed by atoms with van der Waals surface area (Å²) in [5.74, 6) is -1.16. The highest BCUT2D eigenvalue weighted by atomic mass is 19.1.